The highest BCUT2D eigenvalue weighted by Crippen LogP contribution is 2.14. The van der Waals surface area contributed by atoms with Crippen molar-refractivity contribution in [3.8, 4) is 0 Å². The summed E-state index contributed by atoms with van der Waals surface area (Å²) < 4.78 is 13.4. The van der Waals surface area contributed by atoms with Gasteiger partial charge < -0.3 is 15.5 Å². The molecule has 5 nitrogen and oxygen atoms in total. The number of hydrogen-bond acceptors (Lipinski definition) is 3. The van der Waals surface area contributed by atoms with Gasteiger partial charge in [0.15, 0.2) is 0 Å². The van der Waals surface area contributed by atoms with Crippen LogP contribution in [0.15, 0.2) is 18.2 Å². The van der Waals surface area contributed by atoms with Gasteiger partial charge in [-0.15, -0.1) is 0 Å². The number of carbonyl (C=O) groups is 2. The lowest BCUT2D eigenvalue weighted by molar-refractivity contribution is -0.127. The van der Waals surface area contributed by atoms with E-state index in [-0.39, 0.29) is 30.2 Å². The van der Waals surface area contributed by atoms with Crippen molar-refractivity contribution in [2.75, 3.05) is 25.0 Å². The van der Waals surface area contributed by atoms with Gasteiger partial charge in [-0.05, 0) is 31.0 Å². The average molecular weight is 307 g/mol. The van der Waals surface area contributed by atoms with Crippen molar-refractivity contribution in [3.05, 3.63) is 29.6 Å². The lowest BCUT2D eigenvalue weighted by Crippen LogP contribution is -2.38. The van der Waals surface area contributed by atoms with E-state index in [1.54, 1.807) is 19.1 Å². The summed E-state index contributed by atoms with van der Waals surface area (Å²) in [4.78, 5) is 25.4. The number of anilines is 1. The van der Waals surface area contributed by atoms with Gasteiger partial charge in [-0.1, -0.05) is 13.0 Å². The standard InChI is InChI=1S/C16H22FN3O2/c1-3-6-20-10-13(8-16(20)22)18-9-15(21)19-12-5-4-11(2)14(17)7-12/h4-5,7,13,18H,3,6,8-10H2,1-2H3,(H,19,21)/t13-/m1/s1. The molecule has 0 saturated carbocycles. The van der Waals surface area contributed by atoms with Gasteiger partial charge in [0.25, 0.3) is 0 Å². The van der Waals surface area contributed by atoms with Crippen LogP contribution in [0.25, 0.3) is 0 Å². The molecule has 2 rings (SSSR count). The number of amides is 2. The predicted octanol–water partition coefficient (Wildman–Crippen LogP) is 1.67. The Bertz CT molecular complexity index is 562. The van der Waals surface area contributed by atoms with E-state index in [1.807, 2.05) is 11.8 Å². The van der Waals surface area contributed by atoms with E-state index < -0.39 is 0 Å². The molecule has 2 amide bonds. The summed E-state index contributed by atoms with van der Waals surface area (Å²) in [6.07, 6.45) is 1.35. The molecule has 0 unspecified atom stereocenters. The molecule has 1 heterocycles. The second-order valence-corrected chi connectivity index (χ2v) is 5.63. The highest BCUT2D eigenvalue weighted by atomic mass is 19.1. The number of benzene rings is 1. The molecule has 1 aliphatic rings. The van der Waals surface area contributed by atoms with E-state index in [1.165, 1.54) is 6.07 Å². The van der Waals surface area contributed by atoms with Crippen LogP contribution in [0.5, 0.6) is 0 Å². The lowest BCUT2D eigenvalue weighted by atomic mass is 10.2. The van der Waals surface area contributed by atoms with Crippen LogP contribution in [0.3, 0.4) is 0 Å². The van der Waals surface area contributed by atoms with Crippen LogP contribution >= 0.6 is 0 Å². The Balaban J connectivity index is 1.78. The molecule has 120 valence electrons. The first kappa shape index (κ1) is 16.4. The molecule has 6 heteroatoms. The number of rotatable bonds is 6. The maximum atomic E-state index is 13.4. The third-order valence-corrected chi connectivity index (χ3v) is 3.71. The molecular formula is C16H22FN3O2. The first-order valence-corrected chi connectivity index (χ1v) is 7.56. The number of likely N-dealkylation sites (tertiary alicyclic amines) is 1. The van der Waals surface area contributed by atoms with Gasteiger partial charge in [-0.3, -0.25) is 9.59 Å². The number of halogens is 1. The predicted molar refractivity (Wildman–Crippen MR) is 83.0 cm³/mol. The maximum absolute atomic E-state index is 13.4. The Morgan fingerprint density at radius 3 is 2.91 bits per heavy atom. The minimum Gasteiger partial charge on any atom is -0.341 e. The second kappa shape index (κ2) is 7.35. The smallest absolute Gasteiger partial charge is 0.238 e. The van der Waals surface area contributed by atoms with Crippen LogP contribution in [-0.2, 0) is 9.59 Å². The molecule has 1 aromatic rings. The molecule has 1 aliphatic heterocycles. The molecule has 0 radical (unpaired) electrons. The Hall–Kier alpha value is -1.95. The summed E-state index contributed by atoms with van der Waals surface area (Å²) >= 11 is 0. The van der Waals surface area contributed by atoms with Gasteiger partial charge in [0.1, 0.15) is 5.82 Å². The fraction of sp³-hybridized carbons (Fsp3) is 0.500. The van der Waals surface area contributed by atoms with Crippen molar-refractivity contribution >= 4 is 17.5 Å². The molecule has 0 aromatic heterocycles. The van der Waals surface area contributed by atoms with Gasteiger partial charge in [0, 0.05) is 31.2 Å². The highest BCUT2D eigenvalue weighted by molar-refractivity contribution is 5.92. The summed E-state index contributed by atoms with van der Waals surface area (Å²) in [6, 6.07) is 4.59. The average Bonchev–Trinajstić information content (AvgIpc) is 2.82. The van der Waals surface area contributed by atoms with E-state index in [4.69, 9.17) is 0 Å². The van der Waals surface area contributed by atoms with Crippen LogP contribution in [0, 0.1) is 12.7 Å². The zero-order chi connectivity index (χ0) is 16.1. The number of nitrogens with zero attached hydrogens (tertiary/aromatic N) is 1. The van der Waals surface area contributed by atoms with Gasteiger partial charge in [-0.2, -0.15) is 0 Å². The minimum absolute atomic E-state index is 0.000413. The second-order valence-electron chi connectivity index (χ2n) is 5.63. The Morgan fingerprint density at radius 1 is 1.45 bits per heavy atom. The zero-order valence-electron chi connectivity index (χ0n) is 13.0. The van der Waals surface area contributed by atoms with Gasteiger partial charge >= 0.3 is 0 Å². The summed E-state index contributed by atoms with van der Waals surface area (Å²) in [5.74, 6) is -0.465. The molecule has 1 aromatic carbocycles. The molecule has 0 spiro atoms. The van der Waals surface area contributed by atoms with E-state index >= 15 is 0 Å². The number of nitrogens with one attached hydrogen (secondary N) is 2. The maximum Gasteiger partial charge on any atom is 0.238 e. The number of aryl methyl sites for hydroxylation is 1. The molecule has 1 fully saturated rings. The fourth-order valence-corrected chi connectivity index (χ4v) is 2.51. The third kappa shape index (κ3) is 4.27. The van der Waals surface area contributed by atoms with E-state index in [0.29, 0.717) is 24.2 Å². The van der Waals surface area contributed by atoms with Crippen molar-refractivity contribution in [2.24, 2.45) is 0 Å². The van der Waals surface area contributed by atoms with Crippen LogP contribution in [0.1, 0.15) is 25.3 Å². The summed E-state index contributed by atoms with van der Waals surface area (Å²) in [6.45, 7) is 5.20. The molecule has 22 heavy (non-hydrogen) atoms. The fourth-order valence-electron chi connectivity index (χ4n) is 2.51. The molecular weight excluding hydrogens is 285 g/mol. The first-order valence-electron chi connectivity index (χ1n) is 7.56. The van der Waals surface area contributed by atoms with Crippen molar-refractivity contribution in [2.45, 2.75) is 32.7 Å². The first-order chi connectivity index (χ1) is 10.5. The topological polar surface area (TPSA) is 61.4 Å². The van der Waals surface area contributed by atoms with Crippen molar-refractivity contribution in [3.63, 3.8) is 0 Å². The van der Waals surface area contributed by atoms with Crippen molar-refractivity contribution < 1.29 is 14.0 Å². The minimum atomic E-state index is -0.345. The summed E-state index contributed by atoms with van der Waals surface area (Å²) in [7, 11) is 0. The van der Waals surface area contributed by atoms with Crippen molar-refractivity contribution in [1.29, 1.82) is 0 Å². The SMILES string of the molecule is CCCN1C[C@H](NCC(=O)Nc2ccc(C)c(F)c2)CC1=O. The van der Waals surface area contributed by atoms with Crippen LogP contribution in [0.4, 0.5) is 10.1 Å². The third-order valence-electron chi connectivity index (χ3n) is 3.71. The van der Waals surface area contributed by atoms with Crippen LogP contribution < -0.4 is 10.6 Å². The van der Waals surface area contributed by atoms with Crippen LogP contribution in [0.2, 0.25) is 0 Å². The molecule has 0 aliphatic carbocycles. The van der Waals surface area contributed by atoms with Crippen molar-refractivity contribution in [1.82, 2.24) is 10.2 Å². The van der Waals surface area contributed by atoms with Gasteiger partial charge in [0.2, 0.25) is 11.8 Å². The number of hydrogen-bond donors (Lipinski definition) is 2. The highest BCUT2D eigenvalue weighted by Gasteiger charge is 2.28. The van der Waals surface area contributed by atoms with Gasteiger partial charge in [0.05, 0.1) is 6.54 Å². The molecule has 2 N–H and O–H groups in total. The monoisotopic (exact) mass is 307 g/mol. The quantitative estimate of drug-likeness (QED) is 0.840. The molecule has 0 bridgehead atoms. The largest absolute Gasteiger partial charge is 0.341 e. The van der Waals surface area contributed by atoms with Crippen LogP contribution in [-0.4, -0.2) is 42.4 Å². The van der Waals surface area contributed by atoms with E-state index in [9.17, 15) is 14.0 Å². The Morgan fingerprint density at radius 2 is 2.23 bits per heavy atom. The number of carbonyl (C=O) groups excluding carboxylic acids is 2. The molecule has 1 saturated heterocycles. The zero-order valence-corrected chi connectivity index (χ0v) is 13.0. The van der Waals surface area contributed by atoms with E-state index in [0.717, 1.165) is 13.0 Å². The van der Waals surface area contributed by atoms with E-state index in [2.05, 4.69) is 10.6 Å². The lowest BCUT2D eigenvalue weighted by Gasteiger charge is -2.16. The summed E-state index contributed by atoms with van der Waals surface area (Å²) in [5.41, 5.74) is 0.974. The Labute approximate surface area is 129 Å². The molecule has 1 atom stereocenters. The normalized spacial score (nSPS) is 17.9. The summed E-state index contributed by atoms with van der Waals surface area (Å²) in [5, 5.41) is 5.72. The Kier molecular flexibility index (Phi) is 5.49. The van der Waals surface area contributed by atoms with Gasteiger partial charge in [-0.25, -0.2) is 4.39 Å².